The van der Waals surface area contributed by atoms with Gasteiger partial charge in [-0.3, -0.25) is 57.5 Å². The number of carboxylic acid groups (broad SMARTS) is 3. The second-order valence-electron chi connectivity index (χ2n) is 20.5. The third-order valence-corrected chi connectivity index (χ3v) is 13.1. The maximum absolute atomic E-state index is 14.6. The molecule has 2 rings (SSSR count). The van der Waals surface area contributed by atoms with Crippen LogP contribution >= 0.6 is 0 Å². The van der Waals surface area contributed by atoms with E-state index in [9.17, 15) is 82.8 Å². The number of fused-ring (bicyclic) bond motifs is 1. The number of aliphatic hydroxyl groups excluding tert-OH is 2. The van der Waals surface area contributed by atoms with Crippen LogP contribution in [0.4, 0.5) is 0 Å². The minimum absolute atomic E-state index is 0.0232. The molecule has 10 amide bonds. The number of aliphatic carboxylic acids is 3. The van der Waals surface area contributed by atoms with Gasteiger partial charge >= 0.3 is 17.9 Å². The highest BCUT2D eigenvalue weighted by Crippen LogP contribution is 2.20. The summed E-state index contributed by atoms with van der Waals surface area (Å²) in [6, 6.07) is -9.60. The molecule has 0 bridgehead atoms. The van der Waals surface area contributed by atoms with Gasteiger partial charge in [-0.05, 0) is 76.0 Å². The van der Waals surface area contributed by atoms with Crippen molar-refractivity contribution in [3.05, 3.63) is 36.0 Å². The van der Waals surface area contributed by atoms with Crippen LogP contribution in [-0.2, 0) is 68.7 Å². The number of rotatable bonds is 38. The van der Waals surface area contributed by atoms with Crippen LogP contribution in [0.5, 0.6) is 0 Å². The number of nitrogens with one attached hydrogen (secondary N) is 10. The fraction of sp³-hybridized carbons (Fsp3) is 0.596. The molecule has 31 nitrogen and oxygen atoms in total. The molecule has 0 radical (unpaired) electrons. The Kier molecular flexibility index (Phi) is 29.8. The van der Waals surface area contributed by atoms with Gasteiger partial charge in [0, 0.05) is 29.9 Å². The third-order valence-electron chi connectivity index (χ3n) is 13.1. The number of para-hydroxylation sites is 1. The highest BCUT2D eigenvalue weighted by atomic mass is 16.4. The SMILES string of the molecule is CC[C@H](C)[C@H](NC(=O)[C@H](CC(=O)O)NC(=O)[C@H](Cc1c[nH]c2ccccc12)NC(=O)[C@H](CC(C)C)NC(=O)[C@@H](NC(=O)[C@H](CC(=O)O)NC(=O)[C@H](C)NC(=O)[C@@H](N)CO)[C@@H](C)O)C(=O)N[C@@H](CCC(N)=O)C(=O)N[C@@H](CCCCN)C(=O)O. The molecule has 0 saturated heterocycles. The number of unbranched alkanes of at least 4 members (excludes halogenated alkanes) is 1. The molecule has 0 spiro atoms. The fourth-order valence-corrected chi connectivity index (χ4v) is 8.23. The Labute approximate surface area is 477 Å². The van der Waals surface area contributed by atoms with Gasteiger partial charge in [0.05, 0.1) is 25.6 Å². The molecular weight excluding hydrogens is 1090 g/mol. The van der Waals surface area contributed by atoms with Crippen LogP contribution < -0.4 is 65.1 Å². The number of carbonyl (C=O) groups excluding carboxylic acids is 10. The highest BCUT2D eigenvalue weighted by molar-refractivity contribution is 6.00. The first-order valence-electron chi connectivity index (χ1n) is 26.9. The Morgan fingerprint density at radius 1 is 0.578 bits per heavy atom. The summed E-state index contributed by atoms with van der Waals surface area (Å²) in [7, 11) is 0. The minimum Gasteiger partial charge on any atom is -0.481 e. The Hall–Kier alpha value is -8.29. The van der Waals surface area contributed by atoms with E-state index >= 15 is 0 Å². The quantitative estimate of drug-likeness (QED) is 0.0281. The van der Waals surface area contributed by atoms with Crippen LogP contribution in [0.1, 0.15) is 105 Å². The van der Waals surface area contributed by atoms with Gasteiger partial charge in [0.15, 0.2) is 0 Å². The smallest absolute Gasteiger partial charge is 0.326 e. The van der Waals surface area contributed by atoms with Crippen molar-refractivity contribution in [1.29, 1.82) is 0 Å². The molecule has 2 aromatic rings. The number of amides is 10. The summed E-state index contributed by atoms with van der Waals surface area (Å²) in [6.45, 7) is 8.22. The van der Waals surface area contributed by atoms with Crippen molar-refractivity contribution in [3.63, 3.8) is 0 Å². The van der Waals surface area contributed by atoms with Crippen molar-refractivity contribution >= 4 is 87.9 Å². The normalized spacial score (nSPS) is 15.6. The third kappa shape index (κ3) is 24.0. The fourth-order valence-electron chi connectivity index (χ4n) is 8.23. The van der Waals surface area contributed by atoms with Crippen LogP contribution in [-0.4, -0.2) is 187 Å². The number of carbonyl (C=O) groups is 13. The van der Waals surface area contributed by atoms with E-state index in [4.69, 9.17) is 22.3 Å². The van der Waals surface area contributed by atoms with Crippen molar-refractivity contribution in [2.45, 2.75) is 172 Å². The largest absolute Gasteiger partial charge is 0.481 e. The zero-order valence-corrected chi connectivity index (χ0v) is 47.2. The summed E-state index contributed by atoms with van der Waals surface area (Å²) in [6.07, 6.45) is -2.76. The molecule has 0 fully saturated rings. The molecule has 0 aliphatic rings. The Morgan fingerprint density at radius 3 is 1.60 bits per heavy atom. The van der Waals surface area contributed by atoms with Gasteiger partial charge in [-0.2, -0.15) is 0 Å². The molecule has 0 unspecified atom stereocenters. The molecule has 21 N–H and O–H groups in total. The predicted molar refractivity (Wildman–Crippen MR) is 294 cm³/mol. The van der Waals surface area contributed by atoms with Crippen molar-refractivity contribution in [3.8, 4) is 0 Å². The van der Waals surface area contributed by atoms with Crippen LogP contribution in [0, 0.1) is 11.8 Å². The Morgan fingerprint density at radius 2 is 1.07 bits per heavy atom. The number of H-pyrrole nitrogens is 1. The number of aromatic nitrogens is 1. The molecule has 83 heavy (non-hydrogen) atoms. The molecular formula is C52H81N13O18. The average Bonchev–Trinajstić information content (AvgIpc) is 3.85. The van der Waals surface area contributed by atoms with Crippen molar-refractivity contribution in [2.75, 3.05) is 13.2 Å². The molecule has 0 aliphatic carbocycles. The lowest BCUT2D eigenvalue weighted by Crippen LogP contribution is -2.62. The highest BCUT2D eigenvalue weighted by Gasteiger charge is 2.38. The van der Waals surface area contributed by atoms with E-state index in [0.717, 1.165) is 6.92 Å². The number of benzene rings is 1. The topological polar surface area (TPSA) is 525 Å². The van der Waals surface area contributed by atoms with Crippen molar-refractivity contribution < 1.29 is 87.9 Å². The number of aromatic amines is 1. The standard InChI is InChI=1S/C52H81N13O18/c1-7-25(4)41(50(80)58-32(15-16-38(55)68)45(75)59-33(52(82)83)14-10-11-17-53)64-48(78)37(21-40(71)72)62-47(77)35(19-28-22-56-31-13-9-8-12-29(28)31)61-46(76)34(18-24(2)3)63-51(81)42(27(6)67)65-49(79)36(20-39(69)70)60-43(73)26(5)57-44(74)30(54)23-66/h8-9,12-13,22,24-27,30,32-37,41-42,56,66-67H,7,10-11,14-21,23,53-54H2,1-6H3,(H2,55,68)(H,57,74)(H,58,80)(H,59,75)(H,60,73)(H,61,76)(H,62,77)(H,63,81)(H,64,78)(H,65,79)(H,69,70)(H,71,72)(H,82,83)/t25-,26-,27+,30-,32-,33-,34-,35-,36-,37-,41-,42-/m0/s1. The van der Waals surface area contributed by atoms with E-state index in [2.05, 4.69) is 52.8 Å². The summed E-state index contributed by atoms with van der Waals surface area (Å²) in [4.78, 5) is 174. The molecule has 12 atom stereocenters. The number of nitrogens with two attached hydrogens (primary N) is 3. The Balaban J connectivity index is 2.55. The molecule has 1 aromatic heterocycles. The maximum atomic E-state index is 14.6. The lowest BCUT2D eigenvalue weighted by atomic mass is 9.96. The average molecular weight is 1180 g/mol. The first-order chi connectivity index (χ1) is 38.9. The summed E-state index contributed by atoms with van der Waals surface area (Å²) >= 11 is 0. The minimum atomic E-state index is -1.97. The van der Waals surface area contributed by atoms with E-state index in [0.29, 0.717) is 29.3 Å². The van der Waals surface area contributed by atoms with Gasteiger partial charge in [0.2, 0.25) is 59.1 Å². The van der Waals surface area contributed by atoms with Crippen molar-refractivity contribution in [1.82, 2.24) is 52.8 Å². The zero-order chi connectivity index (χ0) is 62.8. The van der Waals surface area contributed by atoms with E-state index < -0.39 is 188 Å². The monoisotopic (exact) mass is 1180 g/mol. The number of aliphatic hydroxyl groups is 2. The Bertz CT molecular complexity index is 2610. The second kappa shape index (κ2) is 34.9. The lowest BCUT2D eigenvalue weighted by molar-refractivity contribution is -0.143. The summed E-state index contributed by atoms with van der Waals surface area (Å²) < 4.78 is 0. The zero-order valence-electron chi connectivity index (χ0n) is 47.2. The second-order valence-corrected chi connectivity index (χ2v) is 20.5. The summed E-state index contributed by atoms with van der Waals surface area (Å²) in [5.41, 5.74) is 17.4. The molecule has 1 aromatic carbocycles. The predicted octanol–water partition coefficient (Wildman–Crippen LogP) is -4.69. The van der Waals surface area contributed by atoms with Gasteiger partial charge in [-0.25, -0.2) is 4.79 Å². The molecule has 462 valence electrons. The van der Waals surface area contributed by atoms with Gasteiger partial charge in [0.1, 0.15) is 60.4 Å². The van der Waals surface area contributed by atoms with Crippen molar-refractivity contribution in [2.24, 2.45) is 29.0 Å². The lowest BCUT2D eigenvalue weighted by Gasteiger charge is -2.29. The van der Waals surface area contributed by atoms with Crippen LogP contribution in [0.2, 0.25) is 0 Å². The number of carboxylic acids is 3. The summed E-state index contributed by atoms with van der Waals surface area (Å²) in [5, 5.41) is 70.9. The first-order valence-corrected chi connectivity index (χ1v) is 26.9. The van der Waals surface area contributed by atoms with Crippen LogP contribution in [0.25, 0.3) is 10.9 Å². The molecule has 0 saturated carbocycles. The van der Waals surface area contributed by atoms with Crippen LogP contribution in [0.15, 0.2) is 30.5 Å². The van der Waals surface area contributed by atoms with Gasteiger partial charge in [-0.15, -0.1) is 0 Å². The van der Waals surface area contributed by atoms with E-state index in [-0.39, 0.29) is 32.2 Å². The number of hydrogen-bond acceptors (Lipinski definition) is 17. The van der Waals surface area contributed by atoms with E-state index in [1.807, 2.05) is 0 Å². The first kappa shape index (κ1) is 70.8. The number of hydrogen-bond donors (Lipinski definition) is 18. The van der Waals surface area contributed by atoms with E-state index in [1.54, 1.807) is 45.0 Å². The van der Waals surface area contributed by atoms with Gasteiger partial charge in [0.25, 0.3) is 0 Å². The van der Waals surface area contributed by atoms with Gasteiger partial charge < -0.3 is 95.6 Å². The van der Waals surface area contributed by atoms with Crippen LogP contribution in [0.3, 0.4) is 0 Å². The molecule has 31 heteroatoms. The summed E-state index contributed by atoms with van der Waals surface area (Å²) in [5.74, 6) is -16.5. The maximum Gasteiger partial charge on any atom is 0.326 e. The number of primary amides is 1. The molecule has 1 heterocycles. The van der Waals surface area contributed by atoms with Gasteiger partial charge in [-0.1, -0.05) is 52.3 Å². The molecule has 0 aliphatic heterocycles. The van der Waals surface area contributed by atoms with E-state index in [1.165, 1.54) is 20.0 Å².